The number of benzene rings is 1. The summed E-state index contributed by atoms with van der Waals surface area (Å²) >= 11 is 0. The van der Waals surface area contributed by atoms with Crippen LogP contribution in [0.3, 0.4) is 0 Å². The highest BCUT2D eigenvalue weighted by Crippen LogP contribution is 2.43. The van der Waals surface area contributed by atoms with Crippen LogP contribution in [0.25, 0.3) is 0 Å². The van der Waals surface area contributed by atoms with Crippen LogP contribution in [0.15, 0.2) is 24.3 Å². The molecule has 2 unspecified atom stereocenters. The monoisotopic (exact) mass is 289 g/mol. The van der Waals surface area contributed by atoms with Crippen LogP contribution in [0.1, 0.15) is 57.6 Å². The lowest BCUT2D eigenvalue weighted by Gasteiger charge is -2.47. The molecule has 3 heteroatoms. The molecule has 1 spiro atoms. The Kier molecular flexibility index (Phi) is 4.51. The molecule has 1 aliphatic heterocycles. The van der Waals surface area contributed by atoms with Gasteiger partial charge in [-0.05, 0) is 38.8 Å². The smallest absolute Gasteiger partial charge is 0.124 e. The Balaban J connectivity index is 1.69. The molecule has 3 rings (SSSR count). The number of nitrogens with one attached hydrogen (secondary N) is 1. The van der Waals surface area contributed by atoms with Crippen molar-refractivity contribution in [3.05, 3.63) is 29.8 Å². The molecule has 0 aromatic heterocycles. The first-order valence-corrected chi connectivity index (χ1v) is 8.35. The van der Waals surface area contributed by atoms with Gasteiger partial charge in [0.1, 0.15) is 11.9 Å². The fourth-order valence-electron chi connectivity index (χ4n) is 3.54. The van der Waals surface area contributed by atoms with E-state index in [2.05, 4.69) is 43.4 Å². The molecular formula is C18H27NO2. The topological polar surface area (TPSA) is 30.5 Å². The fourth-order valence-corrected chi connectivity index (χ4v) is 3.54. The van der Waals surface area contributed by atoms with E-state index in [1.807, 2.05) is 0 Å². The fraction of sp³-hybridized carbons (Fsp3) is 0.667. The first kappa shape index (κ1) is 14.9. The molecule has 0 radical (unpaired) electrons. The zero-order chi connectivity index (χ0) is 14.7. The number of hydrogen-bond donors (Lipinski definition) is 1. The molecule has 116 valence electrons. The standard InChI is InChI=1S/C18H27NO2/c1-3-19-14(2)16-7-4-5-8-17(16)21-15-9-12-20-18(13-15)10-6-11-18/h4-5,7-8,14-15,19H,3,6,9-13H2,1-2H3. The summed E-state index contributed by atoms with van der Waals surface area (Å²) in [6.45, 7) is 6.15. The van der Waals surface area contributed by atoms with Gasteiger partial charge in [-0.1, -0.05) is 25.1 Å². The van der Waals surface area contributed by atoms with Crippen molar-refractivity contribution in [1.82, 2.24) is 5.32 Å². The lowest BCUT2D eigenvalue weighted by atomic mass is 9.74. The van der Waals surface area contributed by atoms with Gasteiger partial charge in [-0.15, -0.1) is 0 Å². The van der Waals surface area contributed by atoms with E-state index in [4.69, 9.17) is 9.47 Å². The van der Waals surface area contributed by atoms with Crippen molar-refractivity contribution in [1.29, 1.82) is 0 Å². The SMILES string of the molecule is CCNC(C)c1ccccc1OC1CCOC2(CCC2)C1. The lowest BCUT2D eigenvalue weighted by Crippen LogP contribution is -2.48. The molecular weight excluding hydrogens is 262 g/mol. The van der Waals surface area contributed by atoms with E-state index in [0.717, 1.165) is 31.7 Å². The number of rotatable bonds is 5. The average Bonchev–Trinajstić information content (AvgIpc) is 2.47. The second kappa shape index (κ2) is 6.37. The predicted octanol–water partition coefficient (Wildman–Crippen LogP) is 3.84. The normalized spacial score (nSPS) is 25.3. The van der Waals surface area contributed by atoms with E-state index < -0.39 is 0 Å². The molecule has 1 saturated heterocycles. The molecule has 0 bridgehead atoms. The van der Waals surface area contributed by atoms with Crippen molar-refractivity contribution in [3.63, 3.8) is 0 Å². The van der Waals surface area contributed by atoms with Gasteiger partial charge in [0.15, 0.2) is 0 Å². The summed E-state index contributed by atoms with van der Waals surface area (Å²) in [5, 5.41) is 3.47. The van der Waals surface area contributed by atoms with Gasteiger partial charge >= 0.3 is 0 Å². The predicted molar refractivity (Wildman–Crippen MR) is 84.7 cm³/mol. The van der Waals surface area contributed by atoms with Gasteiger partial charge in [-0.2, -0.15) is 0 Å². The molecule has 1 N–H and O–H groups in total. The van der Waals surface area contributed by atoms with Crippen LogP contribution < -0.4 is 10.1 Å². The largest absolute Gasteiger partial charge is 0.490 e. The molecule has 2 fully saturated rings. The summed E-state index contributed by atoms with van der Waals surface area (Å²) < 4.78 is 12.4. The van der Waals surface area contributed by atoms with Crippen molar-refractivity contribution < 1.29 is 9.47 Å². The third-order valence-corrected chi connectivity index (χ3v) is 4.90. The highest BCUT2D eigenvalue weighted by Gasteiger charge is 2.43. The maximum atomic E-state index is 6.37. The third-order valence-electron chi connectivity index (χ3n) is 4.90. The molecule has 1 aliphatic carbocycles. The van der Waals surface area contributed by atoms with Gasteiger partial charge in [0.2, 0.25) is 0 Å². The Hall–Kier alpha value is -1.06. The summed E-state index contributed by atoms with van der Waals surface area (Å²) in [6, 6.07) is 8.75. The maximum absolute atomic E-state index is 6.37. The molecule has 2 aliphatic rings. The van der Waals surface area contributed by atoms with Crippen LogP contribution in [0, 0.1) is 0 Å². The number of para-hydroxylation sites is 1. The van der Waals surface area contributed by atoms with E-state index in [1.165, 1.54) is 24.8 Å². The number of hydrogen-bond acceptors (Lipinski definition) is 3. The zero-order valence-electron chi connectivity index (χ0n) is 13.2. The summed E-state index contributed by atoms with van der Waals surface area (Å²) in [6.07, 6.45) is 6.09. The van der Waals surface area contributed by atoms with Crippen molar-refractivity contribution in [2.45, 2.75) is 63.7 Å². The highest BCUT2D eigenvalue weighted by atomic mass is 16.5. The summed E-state index contributed by atoms with van der Waals surface area (Å²) in [7, 11) is 0. The Morgan fingerprint density at radius 1 is 1.38 bits per heavy atom. The Bertz CT molecular complexity index is 470. The van der Waals surface area contributed by atoms with Crippen LogP contribution in [-0.4, -0.2) is 24.9 Å². The average molecular weight is 289 g/mol. The zero-order valence-corrected chi connectivity index (χ0v) is 13.2. The first-order chi connectivity index (χ1) is 10.2. The van der Waals surface area contributed by atoms with Crippen LogP contribution in [0.4, 0.5) is 0 Å². The third kappa shape index (κ3) is 3.24. The van der Waals surface area contributed by atoms with Gasteiger partial charge < -0.3 is 14.8 Å². The molecule has 2 atom stereocenters. The van der Waals surface area contributed by atoms with E-state index in [-0.39, 0.29) is 5.60 Å². The number of ether oxygens (including phenoxy) is 2. The van der Waals surface area contributed by atoms with E-state index in [1.54, 1.807) is 0 Å². The highest BCUT2D eigenvalue weighted by molar-refractivity contribution is 5.35. The second-order valence-corrected chi connectivity index (χ2v) is 6.43. The molecule has 1 aromatic carbocycles. The Morgan fingerprint density at radius 3 is 2.90 bits per heavy atom. The van der Waals surface area contributed by atoms with Crippen LogP contribution in [-0.2, 0) is 4.74 Å². The molecule has 3 nitrogen and oxygen atoms in total. The molecule has 1 heterocycles. The summed E-state index contributed by atoms with van der Waals surface area (Å²) in [4.78, 5) is 0. The molecule has 21 heavy (non-hydrogen) atoms. The van der Waals surface area contributed by atoms with Crippen molar-refractivity contribution in [2.75, 3.05) is 13.2 Å². The second-order valence-electron chi connectivity index (χ2n) is 6.43. The molecule has 0 amide bonds. The molecule has 1 aromatic rings. The lowest BCUT2D eigenvalue weighted by molar-refractivity contribution is -0.153. The molecule has 1 saturated carbocycles. The van der Waals surface area contributed by atoms with Gasteiger partial charge in [0.25, 0.3) is 0 Å². The van der Waals surface area contributed by atoms with Crippen LogP contribution >= 0.6 is 0 Å². The minimum atomic E-state index is 0.144. The Morgan fingerprint density at radius 2 is 2.19 bits per heavy atom. The van der Waals surface area contributed by atoms with E-state index >= 15 is 0 Å². The van der Waals surface area contributed by atoms with Crippen molar-refractivity contribution in [2.24, 2.45) is 0 Å². The van der Waals surface area contributed by atoms with Crippen LogP contribution in [0.5, 0.6) is 5.75 Å². The quantitative estimate of drug-likeness (QED) is 0.893. The van der Waals surface area contributed by atoms with Crippen LogP contribution in [0.2, 0.25) is 0 Å². The van der Waals surface area contributed by atoms with Gasteiger partial charge in [0.05, 0.1) is 12.2 Å². The Labute approximate surface area is 128 Å². The van der Waals surface area contributed by atoms with E-state index in [9.17, 15) is 0 Å². The van der Waals surface area contributed by atoms with Gasteiger partial charge in [-0.25, -0.2) is 0 Å². The maximum Gasteiger partial charge on any atom is 0.124 e. The van der Waals surface area contributed by atoms with Crippen molar-refractivity contribution in [3.8, 4) is 5.75 Å². The summed E-state index contributed by atoms with van der Waals surface area (Å²) in [5.41, 5.74) is 1.40. The minimum absolute atomic E-state index is 0.144. The van der Waals surface area contributed by atoms with E-state index in [0.29, 0.717) is 12.1 Å². The summed E-state index contributed by atoms with van der Waals surface area (Å²) in [5.74, 6) is 1.03. The minimum Gasteiger partial charge on any atom is -0.490 e. The van der Waals surface area contributed by atoms with Crippen molar-refractivity contribution >= 4 is 0 Å². The first-order valence-electron chi connectivity index (χ1n) is 8.35. The van der Waals surface area contributed by atoms with Gasteiger partial charge in [0, 0.05) is 24.4 Å². The van der Waals surface area contributed by atoms with Gasteiger partial charge in [-0.3, -0.25) is 0 Å².